The Kier molecular flexibility index (Phi) is 3.59. The minimum absolute atomic E-state index is 0.0365. The highest BCUT2D eigenvalue weighted by Crippen LogP contribution is 2.19. The molecule has 0 bridgehead atoms. The van der Waals surface area contributed by atoms with Crippen molar-refractivity contribution in [2.45, 2.75) is 26.1 Å². The van der Waals surface area contributed by atoms with Crippen LogP contribution in [0, 0.1) is 6.92 Å². The Labute approximate surface area is 95.2 Å². The molecule has 1 atom stereocenters. The number of hydrogen-bond acceptors (Lipinski definition) is 2. The van der Waals surface area contributed by atoms with Crippen molar-refractivity contribution in [3.63, 3.8) is 0 Å². The molecule has 0 aliphatic heterocycles. The van der Waals surface area contributed by atoms with E-state index in [-0.39, 0.29) is 5.56 Å². The Bertz CT molecular complexity index is 437. The summed E-state index contributed by atoms with van der Waals surface area (Å²) in [5, 5.41) is 1.60. The minimum atomic E-state index is -4.57. The van der Waals surface area contributed by atoms with Gasteiger partial charge < -0.3 is 10.3 Å². The molecule has 7 heteroatoms. The molecule has 1 heterocycles. The summed E-state index contributed by atoms with van der Waals surface area (Å²) < 4.78 is 36.4. The average Bonchev–Trinajstić information content (AvgIpc) is 2.62. The van der Waals surface area contributed by atoms with Gasteiger partial charge in [-0.05, 0) is 19.9 Å². The maximum Gasteiger partial charge on any atom is 0.408 e. The molecule has 0 unspecified atom stereocenters. The van der Waals surface area contributed by atoms with Crippen molar-refractivity contribution < 1.29 is 22.8 Å². The zero-order valence-corrected chi connectivity index (χ0v) is 9.18. The quantitative estimate of drug-likeness (QED) is 0.630. The fourth-order valence-corrected chi connectivity index (χ4v) is 1.11. The van der Waals surface area contributed by atoms with Crippen molar-refractivity contribution >= 4 is 11.7 Å². The van der Waals surface area contributed by atoms with Crippen LogP contribution in [-0.2, 0) is 4.79 Å². The van der Waals surface area contributed by atoms with Gasteiger partial charge in [0, 0.05) is 17.5 Å². The van der Waals surface area contributed by atoms with E-state index in [1.807, 2.05) is 0 Å². The van der Waals surface area contributed by atoms with Gasteiger partial charge in [-0.15, -0.1) is 0 Å². The lowest BCUT2D eigenvalue weighted by Crippen LogP contribution is -2.45. The van der Waals surface area contributed by atoms with Gasteiger partial charge in [0.15, 0.2) is 0 Å². The van der Waals surface area contributed by atoms with Crippen molar-refractivity contribution in [2.75, 3.05) is 0 Å². The van der Waals surface area contributed by atoms with Crippen LogP contribution in [0.2, 0.25) is 0 Å². The summed E-state index contributed by atoms with van der Waals surface area (Å²) >= 11 is 0. The average molecular weight is 248 g/mol. The molecule has 1 amide bonds. The first-order valence-electron chi connectivity index (χ1n) is 4.78. The lowest BCUT2D eigenvalue weighted by atomic mass is 10.2. The first-order chi connectivity index (χ1) is 7.71. The van der Waals surface area contributed by atoms with Crippen LogP contribution < -0.4 is 5.32 Å². The summed E-state index contributed by atoms with van der Waals surface area (Å²) in [6.07, 6.45) is -3.29. The van der Waals surface area contributed by atoms with Gasteiger partial charge in [0.2, 0.25) is 0 Å². The van der Waals surface area contributed by atoms with Crippen molar-refractivity contribution in [1.82, 2.24) is 10.3 Å². The van der Waals surface area contributed by atoms with E-state index >= 15 is 0 Å². The topological polar surface area (TPSA) is 62.0 Å². The van der Waals surface area contributed by atoms with Crippen molar-refractivity contribution in [2.24, 2.45) is 0 Å². The van der Waals surface area contributed by atoms with Crippen LogP contribution >= 0.6 is 0 Å². The number of halogens is 3. The molecule has 2 N–H and O–H groups in total. The van der Waals surface area contributed by atoms with Gasteiger partial charge >= 0.3 is 6.18 Å². The summed E-state index contributed by atoms with van der Waals surface area (Å²) in [4.78, 5) is 25.3. The molecule has 0 saturated carbocycles. The Morgan fingerprint density at radius 3 is 2.41 bits per heavy atom. The predicted octanol–water partition coefficient (Wildman–Crippen LogP) is 1.57. The number of Topliss-reactive ketones (excluding diaryl/α,β-unsaturated/α-hetero) is 1. The highest BCUT2D eigenvalue weighted by atomic mass is 19.4. The van der Waals surface area contributed by atoms with Gasteiger partial charge in [0.25, 0.3) is 11.7 Å². The van der Waals surface area contributed by atoms with Crippen LogP contribution in [0.15, 0.2) is 12.3 Å². The molecule has 0 saturated heterocycles. The number of nitrogens with one attached hydrogen (secondary N) is 2. The molecule has 1 aromatic heterocycles. The van der Waals surface area contributed by atoms with E-state index in [1.54, 1.807) is 12.2 Å². The second-order valence-corrected chi connectivity index (χ2v) is 3.64. The van der Waals surface area contributed by atoms with E-state index < -0.39 is 23.9 Å². The second kappa shape index (κ2) is 4.60. The number of amides is 1. The van der Waals surface area contributed by atoms with Gasteiger partial charge in [-0.25, -0.2) is 0 Å². The zero-order chi connectivity index (χ0) is 13.2. The van der Waals surface area contributed by atoms with Crippen LogP contribution in [0.1, 0.15) is 23.0 Å². The van der Waals surface area contributed by atoms with E-state index in [0.717, 1.165) is 6.92 Å². The largest absolute Gasteiger partial charge is 0.408 e. The molecule has 0 fully saturated rings. The van der Waals surface area contributed by atoms with Crippen LogP contribution in [0.3, 0.4) is 0 Å². The molecule has 94 valence electrons. The first-order valence-corrected chi connectivity index (χ1v) is 4.78. The highest BCUT2D eigenvalue weighted by Gasteiger charge is 2.38. The number of rotatable bonds is 3. The number of aryl methyl sites for hydroxylation is 1. The first kappa shape index (κ1) is 13.3. The molecular weight excluding hydrogens is 237 g/mol. The van der Waals surface area contributed by atoms with E-state index in [4.69, 9.17) is 0 Å². The SMILES string of the molecule is Cc1cc(C(=O)C(=O)N[C@H](C)C(F)(F)F)c[nH]1. The van der Waals surface area contributed by atoms with E-state index in [2.05, 4.69) is 4.98 Å². The third-order valence-corrected chi connectivity index (χ3v) is 2.13. The van der Waals surface area contributed by atoms with Crippen LogP contribution in [-0.4, -0.2) is 28.9 Å². The third-order valence-electron chi connectivity index (χ3n) is 2.13. The van der Waals surface area contributed by atoms with Gasteiger partial charge in [0.05, 0.1) is 0 Å². The Balaban J connectivity index is 2.69. The number of aromatic nitrogens is 1. The number of hydrogen-bond donors (Lipinski definition) is 2. The lowest BCUT2D eigenvalue weighted by Gasteiger charge is -2.16. The molecule has 0 radical (unpaired) electrons. The van der Waals surface area contributed by atoms with Crippen molar-refractivity contribution in [3.05, 3.63) is 23.5 Å². The fraction of sp³-hybridized carbons (Fsp3) is 0.400. The summed E-state index contributed by atoms with van der Waals surface area (Å²) in [6.45, 7) is 2.43. The zero-order valence-electron chi connectivity index (χ0n) is 9.18. The summed E-state index contributed by atoms with van der Waals surface area (Å²) in [6, 6.07) is -0.667. The predicted molar refractivity (Wildman–Crippen MR) is 53.5 cm³/mol. The van der Waals surface area contributed by atoms with E-state index in [1.165, 1.54) is 12.3 Å². The van der Waals surface area contributed by atoms with Gasteiger partial charge in [-0.2, -0.15) is 13.2 Å². The molecule has 0 aliphatic rings. The minimum Gasteiger partial charge on any atom is -0.364 e. The Morgan fingerprint density at radius 1 is 1.41 bits per heavy atom. The smallest absolute Gasteiger partial charge is 0.364 e. The maximum absolute atomic E-state index is 12.1. The highest BCUT2D eigenvalue weighted by molar-refractivity contribution is 6.42. The normalized spacial score (nSPS) is 13.2. The van der Waals surface area contributed by atoms with Crippen LogP contribution in [0.5, 0.6) is 0 Å². The number of H-pyrrole nitrogens is 1. The summed E-state index contributed by atoms with van der Waals surface area (Å²) in [5.74, 6) is -2.26. The monoisotopic (exact) mass is 248 g/mol. The summed E-state index contributed by atoms with van der Waals surface area (Å²) in [7, 11) is 0. The van der Waals surface area contributed by atoms with Crippen molar-refractivity contribution in [3.8, 4) is 0 Å². The van der Waals surface area contributed by atoms with Gasteiger partial charge in [-0.3, -0.25) is 9.59 Å². The molecule has 1 aromatic rings. The molecule has 0 spiro atoms. The number of carbonyl (C=O) groups excluding carboxylic acids is 2. The standard InChI is InChI=1S/C10H11F3N2O2/c1-5-3-7(4-14-5)8(16)9(17)15-6(2)10(11,12)13/h3-4,6,14H,1-2H3,(H,15,17)/t6-/m1/s1. The van der Waals surface area contributed by atoms with Gasteiger partial charge in [0.1, 0.15) is 6.04 Å². The molecule has 1 rings (SSSR count). The second-order valence-electron chi connectivity index (χ2n) is 3.64. The van der Waals surface area contributed by atoms with E-state index in [9.17, 15) is 22.8 Å². The maximum atomic E-state index is 12.1. The van der Waals surface area contributed by atoms with Gasteiger partial charge in [-0.1, -0.05) is 0 Å². The fourth-order valence-electron chi connectivity index (χ4n) is 1.11. The molecule has 4 nitrogen and oxygen atoms in total. The lowest BCUT2D eigenvalue weighted by molar-refractivity contribution is -0.156. The Hall–Kier alpha value is -1.79. The van der Waals surface area contributed by atoms with Crippen LogP contribution in [0.4, 0.5) is 13.2 Å². The molecule has 0 aromatic carbocycles. The molecule has 17 heavy (non-hydrogen) atoms. The number of aromatic amines is 1. The van der Waals surface area contributed by atoms with E-state index in [0.29, 0.717) is 5.69 Å². The van der Waals surface area contributed by atoms with Crippen LogP contribution in [0.25, 0.3) is 0 Å². The summed E-state index contributed by atoms with van der Waals surface area (Å²) in [5.41, 5.74) is 0.680. The number of ketones is 1. The molecule has 0 aliphatic carbocycles. The molecular formula is C10H11F3N2O2. The third kappa shape index (κ3) is 3.33. The Morgan fingerprint density at radius 2 is 2.00 bits per heavy atom. The number of alkyl halides is 3. The van der Waals surface area contributed by atoms with Crippen molar-refractivity contribution in [1.29, 1.82) is 0 Å². The number of carbonyl (C=O) groups is 2.